The molecule has 1 N–H and O–H groups in total. The van der Waals surface area contributed by atoms with Gasteiger partial charge in [-0.15, -0.1) is 0 Å². The molecule has 4 rings (SSSR count). The Morgan fingerprint density at radius 3 is 1.87 bits per heavy atom. The standard InChI is InChI=1S/C27H32NOP.C6H5.2ClH.Fe/c1-26(2,3)20-16-19(25(29)22(17-20)27(4,5)6)18-28-23-14-10-11-15-24(23)30-21-12-8-7-9-13-21;1-2-4-6-5-3-1;;;/h7-18,29-30H,1-6H3;1-5H;2*1H;/q;-1;;;+3/p-2. The van der Waals surface area contributed by atoms with E-state index in [0.717, 1.165) is 16.8 Å². The van der Waals surface area contributed by atoms with E-state index in [1.165, 1.54) is 16.2 Å². The molecule has 0 heterocycles. The van der Waals surface area contributed by atoms with Crippen LogP contribution < -0.4 is 10.6 Å². The fourth-order valence-corrected chi connectivity index (χ4v) is 4.74. The molecule has 0 aliphatic rings. The molecule has 0 aliphatic heterocycles. The second-order valence-electron chi connectivity index (χ2n) is 10.9. The van der Waals surface area contributed by atoms with Gasteiger partial charge in [0, 0.05) is 22.6 Å². The van der Waals surface area contributed by atoms with Gasteiger partial charge in [0.15, 0.2) is 0 Å². The van der Waals surface area contributed by atoms with Gasteiger partial charge in [0.1, 0.15) is 5.75 Å². The first-order valence-electron chi connectivity index (χ1n) is 12.6. The van der Waals surface area contributed by atoms with Gasteiger partial charge in [0.25, 0.3) is 0 Å². The number of aliphatic imine (C=N–C) groups is 1. The van der Waals surface area contributed by atoms with Crippen LogP contribution in [0.1, 0.15) is 58.2 Å². The van der Waals surface area contributed by atoms with E-state index in [1.807, 2.05) is 54.7 Å². The molecule has 0 aliphatic carbocycles. The van der Waals surface area contributed by atoms with Crippen LogP contribution in [0.2, 0.25) is 0 Å². The number of para-hydroxylation sites is 1. The SMILES string of the molecule is CC(C)(C)c1cc(C=Nc2ccccc2Pc2ccccc2)c(O)c(C(C)(C)C)c1.[Cl][Fe+][Cl].[c-]1ccccc1. The van der Waals surface area contributed by atoms with Gasteiger partial charge in [-0.1, -0.05) is 105 Å². The number of hydrogen-bond donors (Lipinski definition) is 1. The molecule has 0 bridgehead atoms. The quantitative estimate of drug-likeness (QED) is 0.105. The number of benzene rings is 4. The molecule has 0 saturated heterocycles. The largest absolute Gasteiger partial charge is 0.184 e. The van der Waals surface area contributed by atoms with E-state index < -0.39 is 0 Å². The van der Waals surface area contributed by atoms with Gasteiger partial charge in [-0.05, 0) is 33.8 Å². The van der Waals surface area contributed by atoms with E-state index in [9.17, 15) is 5.11 Å². The number of rotatable bonds is 4. The number of phenolic OH excluding ortho intramolecular Hbond substituents is 1. The minimum atomic E-state index is -0.152. The fourth-order valence-electron chi connectivity index (χ4n) is 3.61. The number of halogens is 2. The van der Waals surface area contributed by atoms with Crippen molar-refractivity contribution in [3.63, 3.8) is 0 Å². The van der Waals surface area contributed by atoms with Crippen molar-refractivity contribution >= 4 is 51.3 Å². The normalized spacial score (nSPS) is 11.6. The maximum absolute atomic E-state index is 11.0. The predicted octanol–water partition coefficient (Wildman–Crippen LogP) is 9.23. The maximum atomic E-state index is 11.0. The molecular formula is C33H37Cl2FeNOP. The van der Waals surface area contributed by atoms with Crippen LogP contribution in [0.5, 0.6) is 5.75 Å². The van der Waals surface area contributed by atoms with Crippen LogP contribution in [0.15, 0.2) is 102 Å². The van der Waals surface area contributed by atoms with Crippen molar-refractivity contribution in [2.75, 3.05) is 0 Å². The number of phenols is 1. The summed E-state index contributed by atoms with van der Waals surface area (Å²) in [5.74, 6) is 0.322. The Kier molecular flexibility index (Phi) is 13.8. The Balaban J connectivity index is 0.000000506. The smallest absolute Gasteiger partial charge is 0.171 e. The number of nitrogens with zero attached hydrogens (tertiary/aromatic N) is 1. The van der Waals surface area contributed by atoms with Gasteiger partial charge < -0.3 is 5.11 Å². The first-order valence-corrected chi connectivity index (χ1v) is 16.6. The predicted molar refractivity (Wildman–Crippen MR) is 170 cm³/mol. The van der Waals surface area contributed by atoms with Crippen molar-refractivity contribution in [1.29, 1.82) is 0 Å². The molecule has 0 aromatic heterocycles. The minimum absolute atomic E-state index is 0.0110. The first kappa shape index (κ1) is 33.1. The third-order valence-electron chi connectivity index (χ3n) is 5.72. The van der Waals surface area contributed by atoms with E-state index in [1.54, 1.807) is 0 Å². The zero-order valence-electron chi connectivity index (χ0n) is 23.3. The average molecular weight is 621 g/mol. The Labute approximate surface area is 251 Å². The molecule has 1 atom stereocenters. The topological polar surface area (TPSA) is 32.6 Å². The number of aromatic hydroxyl groups is 1. The molecule has 1 unspecified atom stereocenters. The molecule has 4 aromatic rings. The molecule has 207 valence electrons. The van der Waals surface area contributed by atoms with Crippen molar-refractivity contribution < 1.29 is 18.2 Å². The monoisotopic (exact) mass is 620 g/mol. The van der Waals surface area contributed by atoms with Crippen LogP contribution >= 0.6 is 28.8 Å². The van der Waals surface area contributed by atoms with Crippen molar-refractivity contribution in [3.8, 4) is 5.75 Å². The molecule has 0 amide bonds. The summed E-state index contributed by atoms with van der Waals surface area (Å²) >= 11 is 0.194. The molecule has 0 spiro atoms. The van der Waals surface area contributed by atoms with E-state index in [-0.39, 0.29) is 24.0 Å². The summed E-state index contributed by atoms with van der Waals surface area (Å²) < 4.78 is 0. The van der Waals surface area contributed by atoms with Crippen molar-refractivity contribution in [3.05, 3.63) is 120 Å². The van der Waals surface area contributed by atoms with Crippen LogP contribution in [-0.4, -0.2) is 11.3 Å². The second-order valence-corrected chi connectivity index (χ2v) is 14.0. The summed E-state index contributed by atoms with van der Waals surface area (Å²) in [6.45, 7) is 13.0. The maximum Gasteiger partial charge on any atom is -0.171 e. The van der Waals surface area contributed by atoms with Gasteiger partial charge in [0.2, 0.25) is 0 Å². The van der Waals surface area contributed by atoms with Gasteiger partial charge >= 0.3 is 33.3 Å². The molecule has 39 heavy (non-hydrogen) atoms. The van der Waals surface area contributed by atoms with Crippen molar-refractivity contribution in [1.82, 2.24) is 0 Å². The van der Waals surface area contributed by atoms with E-state index >= 15 is 0 Å². The summed E-state index contributed by atoms with van der Waals surface area (Å²) in [5, 5.41) is 13.5. The minimum Gasteiger partial charge on any atom is -0.184 e. The third kappa shape index (κ3) is 11.5. The average Bonchev–Trinajstić information content (AvgIpc) is 2.90. The van der Waals surface area contributed by atoms with Gasteiger partial charge in [-0.2, -0.15) is 36.4 Å². The molecule has 6 heteroatoms. The van der Waals surface area contributed by atoms with Crippen LogP contribution in [0.3, 0.4) is 0 Å². The van der Waals surface area contributed by atoms with Crippen molar-refractivity contribution in [2.24, 2.45) is 4.99 Å². The molecule has 0 radical (unpaired) electrons. The van der Waals surface area contributed by atoms with Crippen LogP contribution in [0, 0.1) is 6.07 Å². The van der Waals surface area contributed by atoms with Crippen LogP contribution in [-0.2, 0) is 24.0 Å². The summed E-state index contributed by atoms with van der Waals surface area (Å²) in [4.78, 5) is 4.80. The molecule has 4 aromatic carbocycles. The molecular weight excluding hydrogens is 584 g/mol. The summed E-state index contributed by atoms with van der Waals surface area (Å²) in [7, 11) is 10.1. The van der Waals surface area contributed by atoms with Crippen molar-refractivity contribution in [2.45, 2.75) is 52.4 Å². The molecule has 0 fully saturated rings. The Morgan fingerprint density at radius 2 is 1.36 bits per heavy atom. The Hall–Kier alpha value is -2.12. The zero-order valence-corrected chi connectivity index (χ0v) is 26.9. The molecule has 0 saturated carbocycles. The van der Waals surface area contributed by atoms with Gasteiger partial charge in [0.05, 0.1) is 5.69 Å². The third-order valence-corrected chi connectivity index (χ3v) is 7.03. The molecule has 2 nitrogen and oxygen atoms in total. The summed E-state index contributed by atoms with van der Waals surface area (Å²) in [6.07, 6.45) is 1.81. The Bertz CT molecular complexity index is 1270. The van der Waals surface area contributed by atoms with E-state index in [4.69, 9.17) is 25.2 Å². The van der Waals surface area contributed by atoms with E-state index in [0.29, 0.717) is 14.3 Å². The Morgan fingerprint density at radius 1 is 0.795 bits per heavy atom. The van der Waals surface area contributed by atoms with Gasteiger partial charge in [-0.3, -0.25) is 4.99 Å². The van der Waals surface area contributed by atoms with Crippen LogP contribution in [0.25, 0.3) is 0 Å². The number of hydrogen-bond acceptors (Lipinski definition) is 2. The summed E-state index contributed by atoms with van der Waals surface area (Å²) in [5.41, 5.74) is 3.70. The van der Waals surface area contributed by atoms with E-state index in [2.05, 4.69) is 96.1 Å². The fraction of sp³-hybridized carbons (Fsp3) is 0.242. The first-order chi connectivity index (χ1) is 18.5. The zero-order chi connectivity index (χ0) is 28.9. The van der Waals surface area contributed by atoms with Crippen LogP contribution in [0.4, 0.5) is 5.69 Å². The second kappa shape index (κ2) is 16.2. The summed E-state index contributed by atoms with van der Waals surface area (Å²) in [6, 6.07) is 35.4. The van der Waals surface area contributed by atoms with Gasteiger partial charge in [-0.25, -0.2) is 0 Å².